The zero-order valence-corrected chi connectivity index (χ0v) is 22.8. The van der Waals surface area contributed by atoms with Crippen LogP contribution in [0.4, 0.5) is 5.69 Å². The zero-order valence-electron chi connectivity index (χ0n) is 22.8. The van der Waals surface area contributed by atoms with Crippen molar-refractivity contribution in [3.05, 3.63) is 57.7 Å². The fourth-order valence-corrected chi connectivity index (χ4v) is 5.37. The van der Waals surface area contributed by atoms with E-state index in [4.69, 9.17) is 23.4 Å². The second-order valence-electron chi connectivity index (χ2n) is 10.5. The molecule has 0 radical (unpaired) electrons. The molecule has 0 spiro atoms. The van der Waals surface area contributed by atoms with E-state index in [2.05, 4.69) is 15.2 Å². The van der Waals surface area contributed by atoms with Crippen molar-refractivity contribution in [2.24, 2.45) is 0 Å². The summed E-state index contributed by atoms with van der Waals surface area (Å²) in [5.74, 6) is -0.265. The van der Waals surface area contributed by atoms with Gasteiger partial charge in [0.15, 0.2) is 12.2 Å². The monoisotopic (exact) mass is 541 g/mol. The van der Waals surface area contributed by atoms with Gasteiger partial charge in [-0.05, 0) is 52.0 Å². The minimum Gasteiger partial charge on any atom is -0.462 e. The number of nitrogens with zero attached hydrogens (tertiary/aromatic N) is 1. The van der Waals surface area contributed by atoms with Crippen LogP contribution >= 0.6 is 0 Å². The van der Waals surface area contributed by atoms with Gasteiger partial charge in [-0.15, -0.1) is 0 Å². The molecule has 5 rings (SSSR count). The van der Waals surface area contributed by atoms with E-state index in [9.17, 15) is 14.7 Å². The molecule has 0 bridgehead atoms. The van der Waals surface area contributed by atoms with Crippen LogP contribution in [0.1, 0.15) is 35.6 Å². The third-order valence-corrected chi connectivity index (χ3v) is 7.36. The molecular weight excluding hydrogens is 506 g/mol. The highest BCUT2D eigenvalue weighted by molar-refractivity contribution is 5.93. The largest absolute Gasteiger partial charge is 0.462 e. The Morgan fingerprint density at radius 3 is 2.56 bits per heavy atom. The van der Waals surface area contributed by atoms with Gasteiger partial charge in [0.05, 0.1) is 11.3 Å². The van der Waals surface area contributed by atoms with Crippen molar-refractivity contribution in [2.75, 3.05) is 38.2 Å². The van der Waals surface area contributed by atoms with Crippen LogP contribution in [0.25, 0.3) is 11.0 Å². The van der Waals surface area contributed by atoms with E-state index < -0.39 is 41.8 Å². The molecule has 3 aromatic rings. The molecule has 2 aromatic heterocycles. The Morgan fingerprint density at radius 2 is 1.90 bits per heavy atom. The lowest BCUT2D eigenvalue weighted by Gasteiger charge is -2.47. The van der Waals surface area contributed by atoms with Gasteiger partial charge in [0, 0.05) is 56.0 Å². The number of aromatic amines is 1. The van der Waals surface area contributed by atoms with Crippen LogP contribution in [0, 0.1) is 13.8 Å². The second-order valence-corrected chi connectivity index (χ2v) is 10.5. The van der Waals surface area contributed by atoms with Crippen LogP contribution in [0.2, 0.25) is 0 Å². The Labute approximate surface area is 226 Å². The predicted molar refractivity (Wildman–Crippen MR) is 143 cm³/mol. The number of carbonyl (C=O) groups is 1. The number of piperazine rings is 1. The standard InChI is InChI=1S/C28H35N3O8/c1-15-6-8-18(30-15)26(34)38-24-22(33)27(39-28(3,4)25(24)35-5)36-20-9-7-17-19(31-12-10-29-11-13-31)14-21(32)37-23(17)16(20)2/h6-9,14,22,24-25,27,29-30,33H,10-13H2,1-5H3/t22-,24+,25+,27-/m1/s1. The Balaban J connectivity index is 1.44. The SMILES string of the molecule is CO[C@H]1[C@@H](OC(=O)c2ccc(C)[nH]2)[C@@H](O)[C@H](Oc2ccc3c(N4CCNCC4)cc(=O)oc3c2C)OC1(C)C. The molecule has 0 aliphatic carbocycles. The van der Waals surface area contributed by atoms with E-state index in [0.717, 1.165) is 42.9 Å². The Bertz CT molecular complexity index is 1410. The van der Waals surface area contributed by atoms with E-state index >= 15 is 0 Å². The second kappa shape index (κ2) is 10.6. The number of fused-ring (bicyclic) bond motifs is 1. The summed E-state index contributed by atoms with van der Waals surface area (Å²) in [5.41, 5.74) is 1.41. The number of esters is 1. The molecule has 0 unspecified atom stereocenters. The smallest absolute Gasteiger partial charge is 0.355 e. The summed E-state index contributed by atoms with van der Waals surface area (Å²) < 4.78 is 29.2. The predicted octanol–water partition coefficient (Wildman–Crippen LogP) is 2.26. The highest BCUT2D eigenvalue weighted by Gasteiger charge is 2.53. The average molecular weight is 542 g/mol. The van der Waals surface area contributed by atoms with Crippen molar-refractivity contribution < 1.29 is 33.3 Å². The lowest BCUT2D eigenvalue weighted by atomic mass is 9.89. The number of aliphatic hydroxyl groups is 1. The highest BCUT2D eigenvalue weighted by Crippen LogP contribution is 2.37. The van der Waals surface area contributed by atoms with Gasteiger partial charge in [-0.2, -0.15) is 0 Å². The molecule has 0 saturated carbocycles. The lowest BCUT2D eigenvalue weighted by Crippen LogP contribution is -2.65. The number of H-pyrrole nitrogens is 1. The fourth-order valence-electron chi connectivity index (χ4n) is 5.37. The molecule has 11 nitrogen and oxygen atoms in total. The van der Waals surface area contributed by atoms with Crippen molar-refractivity contribution in [1.29, 1.82) is 0 Å². The summed E-state index contributed by atoms with van der Waals surface area (Å²) in [7, 11) is 1.47. The van der Waals surface area contributed by atoms with E-state index in [1.807, 2.05) is 13.0 Å². The van der Waals surface area contributed by atoms with Gasteiger partial charge < -0.3 is 43.7 Å². The number of anilines is 1. The molecule has 2 aliphatic heterocycles. The van der Waals surface area contributed by atoms with Gasteiger partial charge >= 0.3 is 11.6 Å². The number of aromatic nitrogens is 1. The van der Waals surface area contributed by atoms with Crippen molar-refractivity contribution in [2.45, 2.75) is 57.9 Å². The molecule has 4 atom stereocenters. The molecule has 11 heteroatoms. The van der Waals surface area contributed by atoms with Crippen molar-refractivity contribution in [3.8, 4) is 5.75 Å². The summed E-state index contributed by atoms with van der Waals surface area (Å²) in [4.78, 5) is 30.4. The van der Waals surface area contributed by atoms with Crippen LogP contribution < -0.4 is 20.6 Å². The molecule has 3 N–H and O–H groups in total. The maximum absolute atomic E-state index is 12.9. The topological polar surface area (TPSA) is 135 Å². The van der Waals surface area contributed by atoms with Crippen molar-refractivity contribution in [3.63, 3.8) is 0 Å². The van der Waals surface area contributed by atoms with Gasteiger partial charge in [0.2, 0.25) is 6.29 Å². The fraction of sp³-hybridized carbons (Fsp3) is 0.500. The van der Waals surface area contributed by atoms with E-state index in [-0.39, 0.29) is 5.69 Å². The Kier molecular flexibility index (Phi) is 7.43. The first-order valence-electron chi connectivity index (χ1n) is 13.0. The highest BCUT2D eigenvalue weighted by atomic mass is 16.7. The van der Waals surface area contributed by atoms with E-state index in [1.54, 1.807) is 39.0 Å². The molecule has 2 fully saturated rings. The zero-order chi connectivity index (χ0) is 27.9. The Morgan fingerprint density at radius 1 is 1.15 bits per heavy atom. The quantitative estimate of drug-likeness (QED) is 0.315. The lowest BCUT2D eigenvalue weighted by molar-refractivity contribution is -0.305. The van der Waals surface area contributed by atoms with Gasteiger partial charge in [-0.3, -0.25) is 0 Å². The first-order chi connectivity index (χ1) is 18.6. The van der Waals surface area contributed by atoms with Crippen LogP contribution in [-0.4, -0.2) is 79.6 Å². The molecule has 1 aromatic carbocycles. The van der Waals surface area contributed by atoms with Gasteiger partial charge in [-0.1, -0.05) is 0 Å². The van der Waals surface area contributed by atoms with Gasteiger partial charge in [0.25, 0.3) is 0 Å². The number of carbonyl (C=O) groups excluding carboxylic acids is 1. The molecule has 210 valence electrons. The van der Waals surface area contributed by atoms with Crippen LogP contribution in [0.15, 0.2) is 39.5 Å². The molecule has 2 saturated heterocycles. The maximum Gasteiger partial charge on any atom is 0.355 e. The normalized spacial score (nSPS) is 25.0. The van der Waals surface area contributed by atoms with E-state index in [1.165, 1.54) is 13.2 Å². The summed E-state index contributed by atoms with van der Waals surface area (Å²) in [6.07, 6.45) is -4.44. The van der Waals surface area contributed by atoms with E-state index in [0.29, 0.717) is 16.9 Å². The summed E-state index contributed by atoms with van der Waals surface area (Å²) in [6, 6.07) is 8.48. The number of hydrogen-bond acceptors (Lipinski definition) is 10. The summed E-state index contributed by atoms with van der Waals surface area (Å²) >= 11 is 0. The number of methoxy groups -OCH3 is 1. The summed E-state index contributed by atoms with van der Waals surface area (Å²) in [5, 5.41) is 15.4. The number of benzene rings is 1. The van der Waals surface area contributed by atoms with Crippen molar-refractivity contribution in [1.82, 2.24) is 10.3 Å². The number of ether oxygens (including phenoxy) is 4. The first-order valence-corrected chi connectivity index (χ1v) is 13.0. The Hall–Kier alpha value is -3.38. The maximum atomic E-state index is 12.9. The third kappa shape index (κ3) is 5.27. The van der Waals surface area contributed by atoms with Crippen molar-refractivity contribution >= 4 is 22.6 Å². The molecule has 4 heterocycles. The average Bonchev–Trinajstić information content (AvgIpc) is 3.35. The number of aliphatic hydroxyl groups excluding tert-OH is 1. The molecule has 39 heavy (non-hydrogen) atoms. The molecule has 2 aliphatic rings. The third-order valence-electron chi connectivity index (χ3n) is 7.36. The summed E-state index contributed by atoms with van der Waals surface area (Å²) in [6.45, 7) is 10.4. The molecular formula is C28H35N3O8. The van der Waals surface area contributed by atoms with Gasteiger partial charge in [0.1, 0.15) is 23.1 Å². The minimum absolute atomic E-state index is 0.261. The van der Waals surface area contributed by atoms with Crippen LogP contribution in [0.3, 0.4) is 0 Å². The van der Waals surface area contributed by atoms with Crippen LogP contribution in [-0.2, 0) is 14.2 Å². The number of hydrogen-bond donors (Lipinski definition) is 3. The number of aryl methyl sites for hydroxylation is 2. The van der Waals surface area contributed by atoms with Crippen LogP contribution in [0.5, 0.6) is 5.75 Å². The van der Waals surface area contributed by atoms with Gasteiger partial charge in [-0.25, -0.2) is 9.59 Å². The molecule has 0 amide bonds. The minimum atomic E-state index is -1.38. The number of rotatable bonds is 6. The number of nitrogens with one attached hydrogen (secondary N) is 2. The first kappa shape index (κ1) is 27.2.